The number of nitrogens with zero attached hydrogens (tertiary/aromatic N) is 3. The molecule has 0 radical (unpaired) electrons. The van der Waals surface area contributed by atoms with Crippen LogP contribution in [0.3, 0.4) is 0 Å². The van der Waals surface area contributed by atoms with E-state index in [1.807, 2.05) is 12.1 Å². The minimum atomic E-state index is -4.64. The number of carbonyl (C=O) groups is 4. The Labute approximate surface area is 293 Å². The molecule has 51 heavy (non-hydrogen) atoms. The lowest BCUT2D eigenvalue weighted by Gasteiger charge is -2.19. The summed E-state index contributed by atoms with van der Waals surface area (Å²) >= 11 is 6.01. The molecule has 18 heteroatoms. The summed E-state index contributed by atoms with van der Waals surface area (Å²) in [5, 5.41) is 23.2. The highest BCUT2D eigenvalue weighted by atomic mass is 35.5. The fourth-order valence-corrected chi connectivity index (χ4v) is 4.85. The number of nitrogens with one attached hydrogen (secondary N) is 5. The molecule has 0 spiro atoms. The van der Waals surface area contributed by atoms with Gasteiger partial charge in [0, 0.05) is 28.5 Å². The van der Waals surface area contributed by atoms with Crippen molar-refractivity contribution in [2.45, 2.75) is 37.0 Å². The van der Waals surface area contributed by atoms with Gasteiger partial charge in [-0.3, -0.25) is 14.4 Å². The lowest BCUT2D eigenvalue weighted by molar-refractivity contribution is -0.154. The predicted molar refractivity (Wildman–Crippen MR) is 179 cm³/mol. The van der Waals surface area contributed by atoms with Crippen molar-refractivity contribution in [3.63, 3.8) is 0 Å². The van der Waals surface area contributed by atoms with Crippen LogP contribution < -0.4 is 31.3 Å². The molecule has 0 aliphatic heterocycles. The number of amides is 3. The molecule has 1 heterocycles. The highest BCUT2D eigenvalue weighted by Gasteiger charge is 2.45. The van der Waals surface area contributed by atoms with Crippen molar-refractivity contribution in [3.05, 3.63) is 95.0 Å². The SMILES string of the molecule is O=C(NCC[C@H](NC(=O)c1ccc(Nc2nc(NC3(c4ccc(Cl)cc4)CC3)nc(OCC(F)(F)F)n2)cc1)C(=O)O)C(=O)Nc1ccccc1. The monoisotopic (exact) mass is 726 g/mol. The Morgan fingerprint density at radius 3 is 2.16 bits per heavy atom. The normalized spacial score (nSPS) is 13.6. The van der Waals surface area contributed by atoms with E-state index in [4.69, 9.17) is 16.3 Å². The number of hydrogen-bond donors (Lipinski definition) is 6. The van der Waals surface area contributed by atoms with Crippen LogP contribution in [-0.4, -0.2) is 69.1 Å². The summed E-state index contributed by atoms with van der Waals surface area (Å²) in [5.74, 6) is -4.22. The fraction of sp³-hybridized carbons (Fsp3) is 0.242. The van der Waals surface area contributed by atoms with Crippen molar-refractivity contribution in [1.82, 2.24) is 25.6 Å². The summed E-state index contributed by atoms with van der Waals surface area (Å²) in [6, 6.07) is 19.0. The average Bonchev–Trinajstić information content (AvgIpc) is 3.87. The number of aromatic nitrogens is 3. The lowest BCUT2D eigenvalue weighted by Crippen LogP contribution is -2.44. The van der Waals surface area contributed by atoms with Crippen molar-refractivity contribution in [2.24, 2.45) is 0 Å². The van der Waals surface area contributed by atoms with Crippen LogP contribution in [0.4, 0.5) is 36.4 Å². The molecule has 1 atom stereocenters. The van der Waals surface area contributed by atoms with Gasteiger partial charge in [0.1, 0.15) is 6.04 Å². The number of aliphatic carboxylic acids is 1. The average molecular weight is 727 g/mol. The Morgan fingerprint density at radius 2 is 1.53 bits per heavy atom. The molecule has 266 valence electrons. The van der Waals surface area contributed by atoms with Gasteiger partial charge in [-0.1, -0.05) is 41.9 Å². The van der Waals surface area contributed by atoms with E-state index in [1.165, 1.54) is 24.3 Å². The zero-order valence-corrected chi connectivity index (χ0v) is 27.2. The van der Waals surface area contributed by atoms with Gasteiger partial charge in [0.15, 0.2) is 6.61 Å². The van der Waals surface area contributed by atoms with Crippen LogP contribution in [0, 0.1) is 0 Å². The molecule has 0 unspecified atom stereocenters. The first-order valence-electron chi connectivity index (χ1n) is 15.3. The Bertz CT molecular complexity index is 1880. The molecular formula is C33H30ClF3N8O6. The van der Waals surface area contributed by atoms with Gasteiger partial charge in [0.2, 0.25) is 11.9 Å². The fourth-order valence-electron chi connectivity index (χ4n) is 4.73. The number of alkyl halides is 3. The van der Waals surface area contributed by atoms with Crippen molar-refractivity contribution < 1.29 is 42.2 Å². The molecule has 1 saturated carbocycles. The Kier molecular flexibility index (Phi) is 11.2. The second-order valence-corrected chi connectivity index (χ2v) is 11.8. The maximum absolute atomic E-state index is 12.9. The third-order valence-corrected chi connectivity index (χ3v) is 7.69. The van der Waals surface area contributed by atoms with Gasteiger partial charge in [-0.15, -0.1) is 0 Å². The second kappa shape index (κ2) is 15.7. The van der Waals surface area contributed by atoms with Gasteiger partial charge >= 0.3 is 30.0 Å². The van der Waals surface area contributed by atoms with Gasteiger partial charge in [0.25, 0.3) is 5.91 Å². The summed E-state index contributed by atoms with van der Waals surface area (Å²) in [6.45, 7) is -1.85. The number of benzene rings is 3. The minimum absolute atomic E-state index is 0.0409. The van der Waals surface area contributed by atoms with Crippen LogP contribution in [0.1, 0.15) is 35.2 Å². The number of para-hydroxylation sites is 1. The highest BCUT2D eigenvalue weighted by Crippen LogP contribution is 2.48. The molecule has 3 amide bonds. The van der Waals surface area contributed by atoms with E-state index in [9.17, 15) is 37.5 Å². The zero-order valence-electron chi connectivity index (χ0n) is 26.5. The van der Waals surface area contributed by atoms with Crippen LogP contribution in [0.2, 0.25) is 5.02 Å². The van der Waals surface area contributed by atoms with Gasteiger partial charge < -0.3 is 36.4 Å². The van der Waals surface area contributed by atoms with Gasteiger partial charge in [-0.25, -0.2) is 4.79 Å². The molecule has 4 aromatic rings. The topological polar surface area (TPSA) is 197 Å². The molecule has 5 rings (SSSR count). The standard InChI is InChI=1S/C33H30ClF3N8O6/c34-21-10-8-20(9-11-21)32(15-16-32)45-30-42-29(43-31(44-30)51-18-33(35,36)37)40-23-12-6-19(7-13-23)25(46)41-24(28(49)50)14-17-38-26(47)27(48)39-22-4-2-1-3-5-22/h1-13,24H,14-18H2,(H,38,47)(H,39,48)(H,41,46)(H,49,50)(H2,40,42,43,44,45)/t24-/m0/s1. The molecule has 0 saturated heterocycles. The van der Waals surface area contributed by atoms with E-state index in [2.05, 4.69) is 41.5 Å². The van der Waals surface area contributed by atoms with Gasteiger partial charge in [0.05, 0.1) is 5.54 Å². The summed E-state index contributed by atoms with van der Waals surface area (Å²) < 4.78 is 43.5. The molecule has 0 bridgehead atoms. The first-order chi connectivity index (χ1) is 24.3. The molecular weight excluding hydrogens is 697 g/mol. The van der Waals surface area contributed by atoms with Crippen LogP contribution in [0.15, 0.2) is 78.9 Å². The summed E-state index contributed by atoms with van der Waals surface area (Å²) in [7, 11) is 0. The summed E-state index contributed by atoms with van der Waals surface area (Å²) in [5.41, 5.74) is 1.13. The number of carboxylic acids is 1. The van der Waals surface area contributed by atoms with E-state index in [-0.39, 0.29) is 30.4 Å². The largest absolute Gasteiger partial charge is 0.480 e. The Hall–Kier alpha value is -5.97. The third kappa shape index (κ3) is 10.5. The van der Waals surface area contributed by atoms with E-state index in [0.717, 1.165) is 5.56 Å². The van der Waals surface area contributed by atoms with E-state index in [1.54, 1.807) is 42.5 Å². The maximum Gasteiger partial charge on any atom is 0.422 e. The van der Waals surface area contributed by atoms with E-state index < -0.39 is 54.1 Å². The number of halogens is 4. The maximum atomic E-state index is 12.9. The van der Waals surface area contributed by atoms with Gasteiger partial charge in [-0.05, 0) is 73.4 Å². The highest BCUT2D eigenvalue weighted by molar-refractivity contribution is 6.39. The lowest BCUT2D eigenvalue weighted by atomic mass is 10.1. The van der Waals surface area contributed by atoms with Crippen LogP contribution in [0.5, 0.6) is 6.01 Å². The number of anilines is 4. The Morgan fingerprint density at radius 1 is 0.863 bits per heavy atom. The Balaban J connectivity index is 1.20. The van der Waals surface area contributed by atoms with E-state index >= 15 is 0 Å². The van der Waals surface area contributed by atoms with Gasteiger partial charge in [-0.2, -0.15) is 28.1 Å². The van der Waals surface area contributed by atoms with Crippen molar-refractivity contribution in [2.75, 3.05) is 29.1 Å². The number of ether oxygens (including phenoxy) is 1. The molecule has 1 aromatic heterocycles. The summed E-state index contributed by atoms with van der Waals surface area (Å²) in [6.07, 6.45) is -3.46. The predicted octanol–water partition coefficient (Wildman–Crippen LogP) is 4.64. The third-order valence-electron chi connectivity index (χ3n) is 7.44. The minimum Gasteiger partial charge on any atom is -0.480 e. The van der Waals surface area contributed by atoms with E-state index in [0.29, 0.717) is 29.2 Å². The molecule has 1 aliphatic carbocycles. The number of carboxylic acid groups (broad SMARTS) is 1. The zero-order chi connectivity index (χ0) is 36.6. The number of carbonyl (C=O) groups excluding carboxylic acids is 3. The second-order valence-electron chi connectivity index (χ2n) is 11.3. The number of rotatable bonds is 14. The van der Waals surface area contributed by atoms with Crippen LogP contribution in [0.25, 0.3) is 0 Å². The van der Waals surface area contributed by atoms with Crippen molar-refractivity contribution in [1.29, 1.82) is 0 Å². The number of hydrogen-bond acceptors (Lipinski definition) is 10. The molecule has 1 aliphatic rings. The summed E-state index contributed by atoms with van der Waals surface area (Å²) in [4.78, 5) is 61.1. The molecule has 14 nitrogen and oxygen atoms in total. The van der Waals surface area contributed by atoms with Crippen LogP contribution in [-0.2, 0) is 19.9 Å². The first-order valence-corrected chi connectivity index (χ1v) is 15.7. The smallest absolute Gasteiger partial charge is 0.422 e. The molecule has 6 N–H and O–H groups in total. The quantitative estimate of drug-likeness (QED) is 0.0991. The van der Waals surface area contributed by atoms with Crippen molar-refractivity contribution >= 4 is 58.6 Å². The van der Waals surface area contributed by atoms with Crippen molar-refractivity contribution in [3.8, 4) is 6.01 Å². The molecule has 1 fully saturated rings. The van der Waals surface area contributed by atoms with Crippen LogP contribution >= 0.6 is 11.6 Å². The first kappa shape index (κ1) is 36.3. The molecule has 3 aromatic carbocycles.